The van der Waals surface area contributed by atoms with Gasteiger partial charge in [-0.05, 0) is 42.3 Å². The summed E-state index contributed by atoms with van der Waals surface area (Å²) >= 11 is 12.4. The van der Waals surface area contributed by atoms with Crippen LogP contribution < -0.4 is 4.74 Å². The lowest BCUT2D eigenvalue weighted by atomic mass is 10.0. The molecule has 4 aromatic rings. The molecule has 4 rings (SSSR count). The van der Waals surface area contributed by atoms with Crippen molar-refractivity contribution in [1.82, 2.24) is 4.98 Å². The van der Waals surface area contributed by atoms with E-state index in [1.807, 2.05) is 55.5 Å². The van der Waals surface area contributed by atoms with Crippen molar-refractivity contribution >= 4 is 39.9 Å². The molecule has 0 saturated heterocycles. The maximum atomic E-state index is 13.1. The number of ether oxygens (including phenoxy) is 2. The second-order valence-electron chi connectivity index (χ2n) is 7.59. The third kappa shape index (κ3) is 5.33. The third-order valence-corrected chi connectivity index (χ3v) is 5.88. The quantitative estimate of drug-likeness (QED) is 0.217. The Kier molecular flexibility index (Phi) is 7.15. The molecule has 1 heterocycles. The van der Waals surface area contributed by atoms with Crippen molar-refractivity contribution in [1.29, 1.82) is 0 Å². The van der Waals surface area contributed by atoms with Gasteiger partial charge in [-0.25, -0.2) is 0 Å². The molecule has 0 aliphatic rings. The molecule has 1 N–H and O–H groups in total. The molecule has 0 spiro atoms. The Labute approximate surface area is 197 Å². The minimum atomic E-state index is -0.00882. The summed E-state index contributed by atoms with van der Waals surface area (Å²) in [6, 6.07) is 19.1. The predicted molar refractivity (Wildman–Crippen MR) is 129 cm³/mol. The number of fused-ring (bicyclic) bond motifs is 1. The van der Waals surface area contributed by atoms with Crippen molar-refractivity contribution in [2.75, 3.05) is 13.2 Å². The van der Waals surface area contributed by atoms with Gasteiger partial charge in [0, 0.05) is 44.7 Å². The van der Waals surface area contributed by atoms with Crippen LogP contribution in [0.4, 0.5) is 0 Å². The average molecular weight is 468 g/mol. The van der Waals surface area contributed by atoms with Crippen LogP contribution in [0.1, 0.15) is 27.0 Å². The molecule has 0 atom stereocenters. The van der Waals surface area contributed by atoms with E-state index in [0.717, 1.165) is 27.6 Å². The van der Waals surface area contributed by atoms with Gasteiger partial charge in [0.25, 0.3) is 0 Å². The standard InChI is InChI=1S/C26H23Cl2NO3/c1-17-11-21-22(15-29-24(21)14-23(17)28)25(30)12-19-7-8-20(27)13-26(19)32-10-9-31-16-18-5-3-2-4-6-18/h2-8,11,13-15,29H,9-10,12,16H2,1H3. The number of hydrogen-bond donors (Lipinski definition) is 1. The number of nitrogens with one attached hydrogen (secondary N) is 1. The van der Waals surface area contributed by atoms with Gasteiger partial charge in [-0.3, -0.25) is 4.79 Å². The normalized spacial score (nSPS) is 11.1. The lowest BCUT2D eigenvalue weighted by Gasteiger charge is -2.12. The Balaban J connectivity index is 1.42. The fourth-order valence-corrected chi connectivity index (χ4v) is 3.86. The Morgan fingerprint density at radius 2 is 1.81 bits per heavy atom. The van der Waals surface area contributed by atoms with Gasteiger partial charge >= 0.3 is 0 Å². The largest absolute Gasteiger partial charge is 0.491 e. The van der Waals surface area contributed by atoms with Gasteiger partial charge in [0.1, 0.15) is 12.4 Å². The third-order valence-electron chi connectivity index (χ3n) is 5.24. The first kappa shape index (κ1) is 22.4. The summed E-state index contributed by atoms with van der Waals surface area (Å²) in [5.74, 6) is 0.582. The number of benzene rings is 3. The lowest BCUT2D eigenvalue weighted by Crippen LogP contribution is -2.10. The molecule has 164 valence electrons. The summed E-state index contributed by atoms with van der Waals surface area (Å²) in [6.45, 7) is 3.24. The summed E-state index contributed by atoms with van der Waals surface area (Å²) in [7, 11) is 0. The Bertz CT molecular complexity index is 1230. The minimum absolute atomic E-state index is 0.00882. The molecular weight excluding hydrogens is 445 g/mol. The number of rotatable bonds is 9. The van der Waals surface area contributed by atoms with Crippen molar-refractivity contribution in [2.24, 2.45) is 0 Å². The maximum absolute atomic E-state index is 13.1. The second-order valence-corrected chi connectivity index (χ2v) is 8.43. The first-order valence-corrected chi connectivity index (χ1v) is 11.1. The van der Waals surface area contributed by atoms with E-state index in [4.69, 9.17) is 32.7 Å². The molecule has 3 aromatic carbocycles. The fourth-order valence-electron chi connectivity index (χ4n) is 3.53. The lowest BCUT2D eigenvalue weighted by molar-refractivity contribution is 0.0883. The van der Waals surface area contributed by atoms with Crippen LogP contribution in [0.2, 0.25) is 10.0 Å². The van der Waals surface area contributed by atoms with Gasteiger partial charge in [0.2, 0.25) is 0 Å². The number of aromatic nitrogens is 1. The zero-order valence-electron chi connectivity index (χ0n) is 17.7. The molecule has 0 bridgehead atoms. The number of H-pyrrole nitrogens is 1. The van der Waals surface area contributed by atoms with Gasteiger partial charge in [-0.15, -0.1) is 0 Å². The van der Waals surface area contributed by atoms with Crippen molar-refractivity contribution in [3.63, 3.8) is 0 Å². The smallest absolute Gasteiger partial charge is 0.169 e. The Morgan fingerprint density at radius 3 is 2.62 bits per heavy atom. The van der Waals surface area contributed by atoms with Gasteiger partial charge in [0.15, 0.2) is 5.78 Å². The van der Waals surface area contributed by atoms with Crippen molar-refractivity contribution in [3.8, 4) is 5.75 Å². The van der Waals surface area contributed by atoms with Crippen LogP contribution in [0.25, 0.3) is 10.9 Å². The van der Waals surface area contributed by atoms with E-state index in [2.05, 4.69) is 4.98 Å². The van der Waals surface area contributed by atoms with E-state index in [1.54, 1.807) is 18.3 Å². The molecule has 4 nitrogen and oxygen atoms in total. The zero-order chi connectivity index (χ0) is 22.5. The minimum Gasteiger partial charge on any atom is -0.491 e. The number of halogens is 2. The van der Waals surface area contributed by atoms with Gasteiger partial charge in [-0.1, -0.05) is 59.6 Å². The number of hydrogen-bond acceptors (Lipinski definition) is 3. The van der Waals surface area contributed by atoms with Crippen molar-refractivity contribution in [2.45, 2.75) is 20.0 Å². The number of carbonyl (C=O) groups is 1. The summed E-state index contributed by atoms with van der Waals surface area (Å²) in [5.41, 5.74) is 4.29. The number of aryl methyl sites for hydroxylation is 1. The van der Waals surface area contributed by atoms with Crippen LogP contribution in [0.3, 0.4) is 0 Å². The van der Waals surface area contributed by atoms with Gasteiger partial charge in [-0.2, -0.15) is 0 Å². The predicted octanol–water partition coefficient (Wildman–Crippen LogP) is 6.80. The molecule has 6 heteroatoms. The summed E-state index contributed by atoms with van der Waals surface area (Å²) in [6.07, 6.45) is 1.93. The highest BCUT2D eigenvalue weighted by Gasteiger charge is 2.16. The summed E-state index contributed by atoms with van der Waals surface area (Å²) in [4.78, 5) is 16.2. The maximum Gasteiger partial charge on any atom is 0.169 e. The van der Waals surface area contributed by atoms with Crippen molar-refractivity contribution < 1.29 is 14.3 Å². The van der Waals surface area contributed by atoms with Crippen LogP contribution >= 0.6 is 23.2 Å². The number of carbonyl (C=O) groups excluding carboxylic acids is 1. The highest BCUT2D eigenvalue weighted by molar-refractivity contribution is 6.32. The van der Waals surface area contributed by atoms with Crippen LogP contribution in [-0.2, 0) is 17.8 Å². The van der Waals surface area contributed by atoms with Crippen LogP contribution in [0, 0.1) is 6.92 Å². The summed E-state index contributed by atoms with van der Waals surface area (Å²) < 4.78 is 11.6. The first-order chi connectivity index (χ1) is 15.5. The van der Waals surface area contributed by atoms with E-state index in [1.165, 1.54) is 0 Å². The highest BCUT2D eigenvalue weighted by atomic mass is 35.5. The van der Waals surface area contributed by atoms with E-state index in [9.17, 15) is 4.79 Å². The Morgan fingerprint density at radius 1 is 1.00 bits per heavy atom. The molecule has 0 radical (unpaired) electrons. The van der Waals surface area contributed by atoms with Gasteiger partial charge < -0.3 is 14.5 Å². The molecular formula is C26H23Cl2NO3. The topological polar surface area (TPSA) is 51.3 Å². The van der Waals surface area contributed by atoms with E-state index in [0.29, 0.717) is 41.2 Å². The van der Waals surface area contributed by atoms with Crippen LogP contribution in [-0.4, -0.2) is 24.0 Å². The molecule has 0 unspecified atom stereocenters. The molecule has 0 fully saturated rings. The van der Waals surface area contributed by atoms with E-state index in [-0.39, 0.29) is 12.2 Å². The SMILES string of the molecule is Cc1cc2c(C(=O)Cc3ccc(Cl)cc3OCCOCc3ccccc3)c[nH]c2cc1Cl. The molecule has 0 saturated carbocycles. The van der Waals surface area contributed by atoms with Crippen LogP contribution in [0.5, 0.6) is 5.75 Å². The molecule has 32 heavy (non-hydrogen) atoms. The number of ketones is 1. The second kappa shape index (κ2) is 10.2. The Hall–Kier alpha value is -2.79. The monoisotopic (exact) mass is 467 g/mol. The number of Topliss-reactive ketones (excluding diaryl/α,β-unsaturated/α-hetero) is 1. The summed E-state index contributed by atoms with van der Waals surface area (Å²) in [5, 5.41) is 2.09. The average Bonchev–Trinajstić information content (AvgIpc) is 3.19. The molecule has 1 aromatic heterocycles. The first-order valence-electron chi connectivity index (χ1n) is 10.3. The zero-order valence-corrected chi connectivity index (χ0v) is 19.2. The number of aromatic amines is 1. The van der Waals surface area contributed by atoms with E-state index < -0.39 is 0 Å². The fraction of sp³-hybridized carbons (Fsp3) is 0.192. The van der Waals surface area contributed by atoms with Crippen LogP contribution in [0.15, 0.2) is 66.9 Å². The molecule has 0 aliphatic carbocycles. The molecule has 0 amide bonds. The van der Waals surface area contributed by atoms with Gasteiger partial charge in [0.05, 0.1) is 13.2 Å². The van der Waals surface area contributed by atoms with Crippen molar-refractivity contribution in [3.05, 3.63) is 99.2 Å². The molecule has 0 aliphatic heterocycles. The highest BCUT2D eigenvalue weighted by Crippen LogP contribution is 2.29. The van der Waals surface area contributed by atoms with E-state index >= 15 is 0 Å².